The Morgan fingerprint density at radius 1 is 0.437 bits per heavy atom. The number of carbonyl (C=O) groups is 6. The highest BCUT2D eigenvalue weighted by molar-refractivity contribution is 5.98. The molecule has 0 fully saturated rings. The molecule has 0 saturated heterocycles. The summed E-state index contributed by atoms with van der Waals surface area (Å²) < 4.78 is 13.0. The van der Waals surface area contributed by atoms with E-state index in [1.54, 1.807) is 41.7 Å². The van der Waals surface area contributed by atoms with E-state index in [4.69, 9.17) is 4.74 Å². The zero-order valence-corrected chi connectivity index (χ0v) is 50.9. The van der Waals surface area contributed by atoms with Gasteiger partial charge in [-0.05, 0) is 72.7 Å². The number of hydrogen-bond donors (Lipinski definition) is 12. The van der Waals surface area contributed by atoms with E-state index in [0.717, 1.165) is 0 Å². The molecule has 0 saturated carbocycles. The van der Waals surface area contributed by atoms with Crippen LogP contribution in [-0.4, -0.2) is 142 Å². The Balaban J connectivity index is 0.000000523. The van der Waals surface area contributed by atoms with Crippen LogP contribution in [0.1, 0.15) is 114 Å². The van der Waals surface area contributed by atoms with Crippen molar-refractivity contribution in [3.05, 3.63) is 168 Å². The van der Waals surface area contributed by atoms with E-state index in [0.29, 0.717) is 31.1 Å². The van der Waals surface area contributed by atoms with Crippen molar-refractivity contribution in [1.82, 2.24) is 59.3 Å². The number of ether oxygens (including phenoxy) is 1. The number of rotatable bonds is 12. The molecule has 31 heteroatoms. The van der Waals surface area contributed by atoms with Gasteiger partial charge in [-0.2, -0.15) is 0 Å². The summed E-state index contributed by atoms with van der Waals surface area (Å²) in [6.07, 6.45) is 5.68. The molecule has 6 rings (SSSR count). The molecule has 87 heavy (non-hydrogen) atoms. The number of aromatic hydroxyl groups is 6. The van der Waals surface area contributed by atoms with Crippen LogP contribution in [0.3, 0.4) is 0 Å². The first kappa shape index (κ1) is 74.3. The summed E-state index contributed by atoms with van der Waals surface area (Å²) in [5, 5.41) is 70.2. The molecule has 0 aliphatic rings. The maximum atomic E-state index is 11.8. The SMILES string of the molecule is CCOCn1ccc(O)c(C(=O)NC)c1=O.CCn1c(C)cc(O)c(C(=O)NC)c1=O.CCn1ccc(O)c(C(=O)NC)c1=O.CNC(=O)c1c(O)cc(C)n(C)c1=O.CNC(=O)c1c(O)ccn(C(C)C)c1=O.CNC(=O)c1c(O)ccn(C)c1=O. The third-order valence-electron chi connectivity index (χ3n) is 12.1. The van der Waals surface area contributed by atoms with Gasteiger partial charge < -0.3 is 90.1 Å². The molecular weight excluding hydrogens is 1140 g/mol. The van der Waals surface area contributed by atoms with Gasteiger partial charge in [0.15, 0.2) is 0 Å². The number of nitrogens with one attached hydrogen (secondary N) is 6. The number of pyridine rings is 6. The fraction of sp³-hybridized carbons (Fsp3) is 0.357. The highest BCUT2D eigenvalue weighted by Crippen LogP contribution is 2.17. The molecule has 0 unspecified atom stereocenters. The van der Waals surface area contributed by atoms with Crippen LogP contribution in [0, 0.1) is 13.8 Å². The Kier molecular flexibility index (Phi) is 29.7. The average Bonchev–Trinajstić information content (AvgIpc) is 3.59. The molecule has 0 aromatic carbocycles. The van der Waals surface area contributed by atoms with E-state index in [1.165, 1.54) is 138 Å². The molecule has 6 amide bonds. The quantitative estimate of drug-likeness (QED) is 0.0754. The minimum Gasteiger partial charge on any atom is -0.507 e. The van der Waals surface area contributed by atoms with Crippen LogP contribution in [0.2, 0.25) is 0 Å². The Hall–Kier alpha value is -10.7. The van der Waals surface area contributed by atoms with E-state index >= 15 is 0 Å². The van der Waals surface area contributed by atoms with Crippen molar-refractivity contribution in [3.8, 4) is 34.5 Å². The number of aromatic nitrogens is 6. The molecule has 0 radical (unpaired) electrons. The summed E-state index contributed by atoms with van der Waals surface area (Å²) in [7, 11) is 11.5. The molecule has 474 valence electrons. The predicted molar refractivity (Wildman–Crippen MR) is 319 cm³/mol. The number of nitrogens with zero attached hydrogens (tertiary/aromatic N) is 6. The monoisotopic (exact) mass is 1220 g/mol. The van der Waals surface area contributed by atoms with Gasteiger partial charge in [0.1, 0.15) is 74.6 Å². The zero-order chi connectivity index (χ0) is 66.9. The molecule has 0 atom stereocenters. The fourth-order valence-electron chi connectivity index (χ4n) is 7.22. The van der Waals surface area contributed by atoms with Crippen LogP contribution < -0.4 is 65.3 Å². The number of hydrogen-bond acceptors (Lipinski definition) is 19. The zero-order valence-electron chi connectivity index (χ0n) is 50.9. The molecule has 0 spiro atoms. The Labute approximate surface area is 497 Å². The summed E-state index contributed by atoms with van der Waals surface area (Å²) in [4.78, 5) is 137. The minimum absolute atomic E-state index is 0.0542. The van der Waals surface area contributed by atoms with Crippen molar-refractivity contribution >= 4 is 35.4 Å². The van der Waals surface area contributed by atoms with Crippen molar-refractivity contribution in [2.75, 3.05) is 48.9 Å². The first-order valence-corrected chi connectivity index (χ1v) is 26.2. The summed E-state index contributed by atoms with van der Waals surface area (Å²) in [6.45, 7) is 13.9. The van der Waals surface area contributed by atoms with E-state index in [2.05, 4.69) is 31.9 Å². The standard InChI is InChI=1S/C10H14N2O4.2C10H14N2O3.2C9H12N2O3.C8H10N2O3/c1-3-16-6-12-5-4-7(13)8(10(12)15)9(14)11-2;1-6(2)12-5-4-7(13)8(10(12)15)9(14)11-3;1-4-12-6(2)5-7(13)8(10(12)15)9(14)11-3;1-5-4-6(12)7(8(13)10-2)9(14)11(5)3;1-3-11-5-4-6(12)7(9(11)14)8(13)10-2;1-9-7(12)6-5(11)3-4-10(2)8(6)13/h4-5,13H,3,6H2,1-2H3,(H,11,14);4-6,13H,1-3H3,(H,11,14);5,13H,4H2,1-3H3,(H,11,14);4,12H,1-3H3,(H,10,13);4-5,12H,3H2,1-2H3,(H,10,13);3-4,11H,1-2H3,(H,9,12). The third kappa shape index (κ3) is 19.2. The van der Waals surface area contributed by atoms with Crippen LogP contribution in [0.5, 0.6) is 34.5 Å². The maximum absolute atomic E-state index is 11.8. The highest BCUT2D eigenvalue weighted by atomic mass is 16.5. The van der Waals surface area contributed by atoms with Crippen molar-refractivity contribution < 1.29 is 64.1 Å². The first-order chi connectivity index (χ1) is 40.8. The van der Waals surface area contributed by atoms with Gasteiger partial charge in [0, 0.05) is 130 Å². The Morgan fingerprint density at radius 2 is 0.770 bits per heavy atom. The molecule has 6 aromatic heterocycles. The Bertz CT molecular complexity index is 3830. The summed E-state index contributed by atoms with van der Waals surface area (Å²) in [5.41, 5.74) is -3.14. The van der Waals surface area contributed by atoms with Gasteiger partial charge in [0.05, 0.1) is 0 Å². The molecule has 31 nitrogen and oxygen atoms in total. The van der Waals surface area contributed by atoms with Crippen LogP contribution in [0.25, 0.3) is 0 Å². The summed E-state index contributed by atoms with van der Waals surface area (Å²) in [6, 6.07) is 7.99. The number of amides is 6. The van der Waals surface area contributed by atoms with Gasteiger partial charge in [-0.15, -0.1) is 0 Å². The van der Waals surface area contributed by atoms with Gasteiger partial charge in [-0.3, -0.25) is 62.1 Å². The van der Waals surface area contributed by atoms with Crippen LogP contribution in [-0.2, 0) is 38.7 Å². The molecule has 0 aliphatic heterocycles. The molecular formula is C56H76N12O19. The summed E-state index contributed by atoms with van der Waals surface area (Å²) in [5.74, 6) is -5.29. The normalized spacial score (nSPS) is 10.0. The Morgan fingerprint density at radius 3 is 1.15 bits per heavy atom. The lowest BCUT2D eigenvalue weighted by Crippen LogP contribution is -2.32. The van der Waals surface area contributed by atoms with Crippen molar-refractivity contribution in [3.63, 3.8) is 0 Å². The molecule has 12 N–H and O–H groups in total. The predicted octanol–water partition coefficient (Wildman–Crippen LogP) is -0.213. The van der Waals surface area contributed by atoms with Crippen molar-refractivity contribution in [2.24, 2.45) is 14.1 Å². The maximum Gasteiger partial charge on any atom is 0.269 e. The first-order valence-electron chi connectivity index (χ1n) is 26.2. The van der Waals surface area contributed by atoms with Crippen LogP contribution in [0.15, 0.2) is 90.0 Å². The van der Waals surface area contributed by atoms with Gasteiger partial charge in [-0.25, -0.2) is 0 Å². The number of aryl methyl sites for hydroxylation is 4. The topological polar surface area (TPSA) is 437 Å². The van der Waals surface area contributed by atoms with Gasteiger partial charge in [0.25, 0.3) is 68.8 Å². The third-order valence-corrected chi connectivity index (χ3v) is 12.1. The molecule has 6 heterocycles. The second-order valence-electron chi connectivity index (χ2n) is 18.0. The minimum atomic E-state index is -0.617. The average molecular weight is 1220 g/mol. The van der Waals surface area contributed by atoms with Crippen LogP contribution >= 0.6 is 0 Å². The lowest BCUT2D eigenvalue weighted by molar-refractivity contribution is 0.0840. The van der Waals surface area contributed by atoms with Crippen LogP contribution in [0.4, 0.5) is 0 Å². The lowest BCUT2D eigenvalue weighted by atomic mass is 10.2. The summed E-state index contributed by atoms with van der Waals surface area (Å²) >= 11 is 0. The van der Waals surface area contributed by atoms with Gasteiger partial charge in [-0.1, -0.05) is 0 Å². The second kappa shape index (κ2) is 34.8. The lowest BCUT2D eigenvalue weighted by Gasteiger charge is -2.11. The largest absolute Gasteiger partial charge is 0.507 e. The molecule has 6 aromatic rings. The number of carbonyl (C=O) groups excluding carboxylic acids is 6. The smallest absolute Gasteiger partial charge is 0.269 e. The van der Waals surface area contributed by atoms with E-state index < -0.39 is 68.8 Å². The van der Waals surface area contributed by atoms with E-state index in [-0.39, 0.29) is 80.7 Å². The van der Waals surface area contributed by atoms with Crippen molar-refractivity contribution in [2.45, 2.75) is 74.3 Å². The molecule has 0 aliphatic carbocycles. The van der Waals surface area contributed by atoms with Gasteiger partial charge >= 0.3 is 0 Å². The molecule has 0 bridgehead atoms. The van der Waals surface area contributed by atoms with Gasteiger partial charge in [0.2, 0.25) is 0 Å². The second-order valence-corrected chi connectivity index (χ2v) is 18.0. The fourth-order valence-corrected chi connectivity index (χ4v) is 7.22. The van der Waals surface area contributed by atoms with E-state index in [1.807, 2.05) is 13.8 Å². The highest BCUT2D eigenvalue weighted by Gasteiger charge is 2.21. The van der Waals surface area contributed by atoms with Crippen molar-refractivity contribution in [1.29, 1.82) is 0 Å². The van der Waals surface area contributed by atoms with E-state index in [9.17, 15) is 88.2 Å².